The van der Waals surface area contributed by atoms with Crippen LogP contribution in [0.5, 0.6) is 11.5 Å². The number of anilines is 1. The van der Waals surface area contributed by atoms with E-state index in [1.165, 1.54) is 4.90 Å². The van der Waals surface area contributed by atoms with Gasteiger partial charge >= 0.3 is 0 Å². The molecule has 0 aromatic heterocycles. The molecule has 1 aromatic rings. The van der Waals surface area contributed by atoms with E-state index >= 15 is 0 Å². The third-order valence-electron chi connectivity index (χ3n) is 3.63. The van der Waals surface area contributed by atoms with Crippen molar-refractivity contribution in [3.8, 4) is 11.5 Å². The van der Waals surface area contributed by atoms with Gasteiger partial charge < -0.3 is 19.7 Å². The number of carbonyl (C=O) groups is 2. The molecule has 0 bridgehead atoms. The molecule has 0 saturated heterocycles. The maximum Gasteiger partial charge on any atom is 0.243 e. The highest BCUT2D eigenvalue weighted by Crippen LogP contribution is 2.30. The Morgan fingerprint density at radius 2 is 1.72 bits per heavy atom. The molecule has 0 atom stereocenters. The number of unbranched alkanes of at least 4 members (excludes halogenated alkanes) is 2. The summed E-state index contributed by atoms with van der Waals surface area (Å²) in [5.74, 6) is 0.986. The first-order valence-corrected chi connectivity index (χ1v) is 8.95. The number of nitrogens with one attached hydrogen (secondary N) is 1. The normalized spacial score (nSPS) is 10.2. The van der Waals surface area contributed by atoms with Crippen LogP contribution in [-0.2, 0) is 9.59 Å². The fourth-order valence-corrected chi connectivity index (χ4v) is 2.35. The molecule has 0 unspecified atom stereocenters. The Labute approximate surface area is 150 Å². The zero-order valence-electron chi connectivity index (χ0n) is 15.8. The van der Waals surface area contributed by atoms with Crippen LogP contribution < -0.4 is 14.8 Å². The summed E-state index contributed by atoms with van der Waals surface area (Å²) in [6.07, 6.45) is 3.43. The Morgan fingerprint density at radius 1 is 1.04 bits per heavy atom. The van der Waals surface area contributed by atoms with E-state index in [1.807, 2.05) is 13.8 Å². The van der Waals surface area contributed by atoms with Crippen LogP contribution in [0.3, 0.4) is 0 Å². The second-order valence-electron chi connectivity index (χ2n) is 5.78. The van der Waals surface area contributed by atoms with Crippen LogP contribution in [0.15, 0.2) is 18.2 Å². The van der Waals surface area contributed by atoms with Gasteiger partial charge in [-0.15, -0.1) is 0 Å². The number of ether oxygens (including phenoxy) is 2. The van der Waals surface area contributed by atoms with Crippen LogP contribution in [0, 0.1) is 0 Å². The predicted octanol–water partition coefficient (Wildman–Crippen LogP) is 3.46. The zero-order valence-corrected chi connectivity index (χ0v) is 15.8. The fourth-order valence-electron chi connectivity index (χ4n) is 2.35. The Kier molecular flexibility index (Phi) is 9.43. The highest BCUT2D eigenvalue weighted by atomic mass is 16.5. The predicted molar refractivity (Wildman–Crippen MR) is 99.2 cm³/mol. The molecule has 0 aliphatic rings. The van der Waals surface area contributed by atoms with Gasteiger partial charge in [0.05, 0.1) is 19.8 Å². The Morgan fingerprint density at radius 3 is 2.36 bits per heavy atom. The summed E-state index contributed by atoms with van der Waals surface area (Å²) in [7, 11) is 1.65. The van der Waals surface area contributed by atoms with Crippen molar-refractivity contribution in [2.24, 2.45) is 0 Å². The van der Waals surface area contributed by atoms with Crippen molar-refractivity contribution in [1.82, 2.24) is 4.90 Å². The van der Waals surface area contributed by atoms with Crippen LogP contribution in [-0.4, -0.2) is 43.5 Å². The van der Waals surface area contributed by atoms with Gasteiger partial charge in [-0.2, -0.15) is 0 Å². The van der Waals surface area contributed by atoms with Gasteiger partial charge in [0.15, 0.2) is 11.5 Å². The van der Waals surface area contributed by atoms with E-state index in [4.69, 9.17) is 9.47 Å². The maximum absolute atomic E-state index is 12.2. The summed E-state index contributed by atoms with van der Waals surface area (Å²) in [6, 6.07) is 5.26. The molecule has 0 aliphatic carbocycles. The van der Waals surface area contributed by atoms with Crippen LogP contribution >= 0.6 is 0 Å². The summed E-state index contributed by atoms with van der Waals surface area (Å²) in [5, 5.41) is 2.79. The van der Waals surface area contributed by atoms with E-state index in [0.717, 1.165) is 19.3 Å². The monoisotopic (exact) mass is 350 g/mol. The SMILES string of the molecule is CCCCCC(=O)N(C)CC(=O)Nc1ccc(OCC)c(OCC)c1. The first-order chi connectivity index (χ1) is 12.0. The lowest BCUT2D eigenvalue weighted by atomic mass is 10.2. The number of hydrogen-bond donors (Lipinski definition) is 1. The average molecular weight is 350 g/mol. The lowest BCUT2D eigenvalue weighted by Gasteiger charge is -2.17. The molecule has 0 radical (unpaired) electrons. The van der Waals surface area contributed by atoms with E-state index in [9.17, 15) is 9.59 Å². The van der Waals surface area contributed by atoms with Gasteiger partial charge in [0, 0.05) is 25.2 Å². The number of likely N-dealkylation sites (N-methyl/N-ethyl adjacent to an activating group) is 1. The lowest BCUT2D eigenvalue weighted by molar-refractivity contribution is -0.133. The van der Waals surface area contributed by atoms with Gasteiger partial charge in [0.25, 0.3) is 0 Å². The molecular formula is C19H30N2O4. The van der Waals surface area contributed by atoms with Crippen molar-refractivity contribution in [1.29, 1.82) is 0 Å². The number of benzene rings is 1. The second-order valence-corrected chi connectivity index (χ2v) is 5.78. The van der Waals surface area contributed by atoms with Gasteiger partial charge in [0.2, 0.25) is 11.8 Å². The highest BCUT2D eigenvalue weighted by Gasteiger charge is 2.14. The van der Waals surface area contributed by atoms with Gasteiger partial charge in [-0.25, -0.2) is 0 Å². The summed E-state index contributed by atoms with van der Waals surface area (Å²) in [6.45, 7) is 6.96. The number of carbonyl (C=O) groups excluding carboxylic acids is 2. The maximum atomic E-state index is 12.2. The van der Waals surface area contributed by atoms with Crippen LogP contribution in [0.25, 0.3) is 0 Å². The molecule has 0 heterocycles. The molecule has 0 spiro atoms. The summed E-state index contributed by atoms with van der Waals surface area (Å²) < 4.78 is 11.0. The van der Waals surface area contributed by atoms with Crippen molar-refractivity contribution in [2.45, 2.75) is 46.5 Å². The molecule has 1 aromatic carbocycles. The number of hydrogen-bond acceptors (Lipinski definition) is 4. The minimum Gasteiger partial charge on any atom is -0.490 e. The molecule has 25 heavy (non-hydrogen) atoms. The molecular weight excluding hydrogens is 320 g/mol. The third kappa shape index (κ3) is 7.45. The van der Waals surface area contributed by atoms with Crippen molar-refractivity contribution >= 4 is 17.5 Å². The molecule has 0 aliphatic heterocycles. The van der Waals surface area contributed by atoms with Crippen molar-refractivity contribution < 1.29 is 19.1 Å². The molecule has 0 fully saturated rings. The molecule has 1 N–H and O–H groups in total. The van der Waals surface area contributed by atoms with E-state index in [2.05, 4.69) is 12.2 Å². The standard InChI is InChI=1S/C19H30N2O4/c1-5-8-9-10-19(23)21(4)14-18(22)20-15-11-12-16(24-6-2)17(13-15)25-7-3/h11-13H,5-10,14H2,1-4H3,(H,20,22). The molecule has 1 rings (SSSR count). The van der Waals surface area contributed by atoms with E-state index in [1.54, 1.807) is 25.2 Å². The van der Waals surface area contributed by atoms with E-state index < -0.39 is 0 Å². The number of rotatable bonds is 11. The Balaban J connectivity index is 2.61. The highest BCUT2D eigenvalue weighted by molar-refractivity contribution is 5.94. The minimum absolute atomic E-state index is 0.00898. The molecule has 6 nitrogen and oxygen atoms in total. The number of amides is 2. The minimum atomic E-state index is -0.238. The van der Waals surface area contributed by atoms with Gasteiger partial charge in [-0.3, -0.25) is 9.59 Å². The molecule has 140 valence electrons. The van der Waals surface area contributed by atoms with E-state index in [0.29, 0.717) is 36.8 Å². The third-order valence-corrected chi connectivity index (χ3v) is 3.63. The zero-order chi connectivity index (χ0) is 18.7. The smallest absolute Gasteiger partial charge is 0.243 e. The fraction of sp³-hybridized carbons (Fsp3) is 0.579. The first-order valence-electron chi connectivity index (χ1n) is 8.95. The van der Waals surface area contributed by atoms with Crippen LogP contribution in [0.1, 0.15) is 46.5 Å². The van der Waals surface area contributed by atoms with Gasteiger partial charge in [-0.1, -0.05) is 19.8 Å². The van der Waals surface area contributed by atoms with Crippen molar-refractivity contribution in [3.63, 3.8) is 0 Å². The molecule has 0 saturated carbocycles. The molecule has 6 heteroatoms. The second kappa shape index (κ2) is 11.3. The van der Waals surface area contributed by atoms with Crippen LogP contribution in [0.2, 0.25) is 0 Å². The quantitative estimate of drug-likeness (QED) is 0.621. The Hall–Kier alpha value is -2.24. The average Bonchev–Trinajstić information content (AvgIpc) is 2.57. The number of nitrogens with zero attached hydrogens (tertiary/aromatic N) is 1. The summed E-state index contributed by atoms with van der Waals surface area (Å²) in [5.41, 5.74) is 0.615. The largest absolute Gasteiger partial charge is 0.490 e. The van der Waals surface area contributed by atoms with Crippen molar-refractivity contribution in [3.05, 3.63) is 18.2 Å². The molecule has 2 amide bonds. The van der Waals surface area contributed by atoms with Crippen molar-refractivity contribution in [2.75, 3.05) is 32.1 Å². The summed E-state index contributed by atoms with van der Waals surface area (Å²) in [4.78, 5) is 25.6. The topological polar surface area (TPSA) is 67.9 Å². The van der Waals surface area contributed by atoms with Gasteiger partial charge in [-0.05, 0) is 32.4 Å². The Bertz CT molecular complexity index is 560. The lowest BCUT2D eigenvalue weighted by Crippen LogP contribution is -2.34. The summed E-state index contributed by atoms with van der Waals surface area (Å²) >= 11 is 0. The first kappa shape index (κ1) is 20.8. The van der Waals surface area contributed by atoms with Gasteiger partial charge in [0.1, 0.15) is 0 Å². The van der Waals surface area contributed by atoms with E-state index in [-0.39, 0.29) is 18.4 Å². The van der Waals surface area contributed by atoms with Crippen LogP contribution in [0.4, 0.5) is 5.69 Å².